The van der Waals surface area contributed by atoms with Crippen LogP contribution in [0.15, 0.2) is 18.2 Å². The zero-order valence-electron chi connectivity index (χ0n) is 11.4. The van der Waals surface area contributed by atoms with Crippen LogP contribution in [0.3, 0.4) is 0 Å². The van der Waals surface area contributed by atoms with Crippen molar-refractivity contribution in [2.45, 2.75) is 32.2 Å². The topological polar surface area (TPSA) is 29.3 Å². The Morgan fingerprint density at radius 1 is 1.42 bits per heavy atom. The molecule has 0 saturated heterocycles. The molecule has 2 nitrogen and oxygen atoms in total. The molecular weight excluding hydrogens is 259 g/mol. The second kappa shape index (κ2) is 6.44. The molecule has 1 aliphatic carbocycles. The third-order valence-electron chi connectivity index (χ3n) is 3.79. The van der Waals surface area contributed by atoms with Crippen LogP contribution in [-0.4, -0.2) is 23.5 Å². The largest absolute Gasteiger partial charge is 0.389 e. The molecule has 0 spiro atoms. The van der Waals surface area contributed by atoms with E-state index in [2.05, 4.69) is 11.9 Å². The second-order valence-electron chi connectivity index (χ2n) is 5.53. The average molecular weight is 280 g/mol. The molecule has 0 amide bonds. The molecule has 1 fully saturated rings. The van der Waals surface area contributed by atoms with Crippen LogP contribution in [0.25, 0.3) is 0 Å². The van der Waals surface area contributed by atoms with Gasteiger partial charge in [-0.3, -0.25) is 0 Å². The van der Waals surface area contributed by atoms with E-state index in [0.29, 0.717) is 5.56 Å². The molecule has 2 rings (SSSR count). The average Bonchev–Trinajstić information content (AvgIpc) is 2.84. The highest BCUT2D eigenvalue weighted by molar-refractivity contribution is 7.80. The predicted molar refractivity (Wildman–Crippen MR) is 80.6 cm³/mol. The smallest absolute Gasteiger partial charge is 0.133 e. The lowest BCUT2D eigenvalue weighted by molar-refractivity contribution is 0.271. The molecule has 104 valence electrons. The molecule has 1 aromatic rings. The fraction of sp³-hybridized carbons (Fsp3) is 0.533. The highest BCUT2D eigenvalue weighted by Crippen LogP contribution is 2.25. The van der Waals surface area contributed by atoms with Gasteiger partial charge in [-0.1, -0.05) is 31.1 Å². The second-order valence-corrected chi connectivity index (χ2v) is 5.97. The van der Waals surface area contributed by atoms with E-state index in [-0.39, 0.29) is 10.8 Å². The quantitative estimate of drug-likeness (QED) is 0.841. The van der Waals surface area contributed by atoms with Gasteiger partial charge in [-0.15, -0.1) is 0 Å². The Balaban J connectivity index is 1.98. The highest BCUT2D eigenvalue weighted by atomic mass is 32.1. The molecule has 1 saturated carbocycles. The van der Waals surface area contributed by atoms with Crippen molar-refractivity contribution in [1.82, 2.24) is 4.90 Å². The first-order valence-electron chi connectivity index (χ1n) is 6.83. The van der Waals surface area contributed by atoms with E-state index in [0.717, 1.165) is 24.6 Å². The molecule has 1 aromatic carbocycles. The number of benzene rings is 1. The van der Waals surface area contributed by atoms with Crippen molar-refractivity contribution in [1.29, 1.82) is 0 Å². The summed E-state index contributed by atoms with van der Waals surface area (Å²) in [6.45, 7) is 1.92. The first-order chi connectivity index (χ1) is 9.06. The van der Waals surface area contributed by atoms with Crippen molar-refractivity contribution < 1.29 is 4.39 Å². The van der Waals surface area contributed by atoms with Crippen molar-refractivity contribution in [2.75, 3.05) is 13.6 Å². The van der Waals surface area contributed by atoms with Crippen LogP contribution in [0.2, 0.25) is 0 Å². The standard InChI is InChI=1S/C15H21FN2S/c1-18(9-11-4-2-3-5-11)10-12-6-7-14(16)13(8-12)15(17)19/h6-8,11H,2-5,9-10H2,1H3,(H2,17,19). The van der Waals surface area contributed by atoms with E-state index < -0.39 is 0 Å². The lowest BCUT2D eigenvalue weighted by Crippen LogP contribution is -2.24. The number of nitrogens with zero attached hydrogens (tertiary/aromatic N) is 1. The maximum absolute atomic E-state index is 13.5. The van der Waals surface area contributed by atoms with Gasteiger partial charge in [0.2, 0.25) is 0 Å². The van der Waals surface area contributed by atoms with Gasteiger partial charge in [0.1, 0.15) is 10.8 Å². The molecule has 19 heavy (non-hydrogen) atoms. The molecule has 0 heterocycles. The summed E-state index contributed by atoms with van der Waals surface area (Å²) in [5.41, 5.74) is 6.93. The molecule has 0 bridgehead atoms. The van der Waals surface area contributed by atoms with Crippen LogP contribution >= 0.6 is 12.2 Å². The molecule has 0 aromatic heterocycles. The summed E-state index contributed by atoms with van der Waals surface area (Å²) in [6.07, 6.45) is 5.40. The Bertz CT molecular complexity index is 455. The number of thiocarbonyl (C=S) groups is 1. The monoisotopic (exact) mass is 280 g/mol. The summed E-state index contributed by atoms with van der Waals surface area (Å²) < 4.78 is 13.5. The maximum Gasteiger partial charge on any atom is 0.133 e. The predicted octanol–water partition coefficient (Wildman–Crippen LogP) is 3.08. The summed E-state index contributed by atoms with van der Waals surface area (Å²) in [7, 11) is 2.11. The normalized spacial score (nSPS) is 16.2. The molecule has 1 aliphatic rings. The summed E-state index contributed by atoms with van der Waals surface area (Å²) in [6, 6.07) is 5.03. The number of hydrogen-bond acceptors (Lipinski definition) is 2. The fourth-order valence-electron chi connectivity index (χ4n) is 2.87. The van der Waals surface area contributed by atoms with Gasteiger partial charge in [0, 0.05) is 18.7 Å². The lowest BCUT2D eigenvalue weighted by Gasteiger charge is -2.21. The van der Waals surface area contributed by atoms with Gasteiger partial charge in [0.15, 0.2) is 0 Å². The first-order valence-corrected chi connectivity index (χ1v) is 7.24. The van der Waals surface area contributed by atoms with Crippen molar-refractivity contribution in [3.8, 4) is 0 Å². The van der Waals surface area contributed by atoms with Gasteiger partial charge >= 0.3 is 0 Å². The van der Waals surface area contributed by atoms with E-state index in [1.165, 1.54) is 31.7 Å². The Labute approximate surface area is 119 Å². The van der Waals surface area contributed by atoms with Crippen molar-refractivity contribution >= 4 is 17.2 Å². The number of rotatable bonds is 5. The minimum absolute atomic E-state index is 0.123. The molecule has 4 heteroatoms. The van der Waals surface area contributed by atoms with Gasteiger partial charge in [-0.05, 0) is 43.5 Å². The summed E-state index contributed by atoms with van der Waals surface area (Å²) >= 11 is 4.86. The molecule has 0 atom stereocenters. The zero-order chi connectivity index (χ0) is 13.8. The first kappa shape index (κ1) is 14.4. The van der Waals surface area contributed by atoms with Crippen LogP contribution in [-0.2, 0) is 6.54 Å². The SMILES string of the molecule is CN(Cc1ccc(F)c(C(N)=S)c1)CC1CCCC1. The third-order valence-corrected chi connectivity index (χ3v) is 4.01. The number of hydrogen-bond donors (Lipinski definition) is 1. The zero-order valence-corrected chi connectivity index (χ0v) is 12.2. The Kier molecular flexibility index (Phi) is 4.88. The van der Waals surface area contributed by atoms with E-state index in [9.17, 15) is 4.39 Å². The van der Waals surface area contributed by atoms with E-state index in [4.69, 9.17) is 18.0 Å². The van der Waals surface area contributed by atoms with E-state index in [1.807, 2.05) is 6.07 Å². The summed E-state index contributed by atoms with van der Waals surface area (Å²) in [5, 5.41) is 0. The molecule has 0 aliphatic heterocycles. The van der Waals surface area contributed by atoms with Gasteiger partial charge < -0.3 is 10.6 Å². The van der Waals surface area contributed by atoms with E-state index in [1.54, 1.807) is 6.07 Å². The Morgan fingerprint density at radius 3 is 2.74 bits per heavy atom. The fourth-order valence-corrected chi connectivity index (χ4v) is 3.03. The van der Waals surface area contributed by atoms with Gasteiger partial charge in [0.05, 0.1) is 0 Å². The Morgan fingerprint density at radius 2 is 2.11 bits per heavy atom. The maximum atomic E-state index is 13.5. The third kappa shape index (κ3) is 3.98. The number of nitrogens with two attached hydrogens (primary N) is 1. The van der Waals surface area contributed by atoms with Crippen LogP contribution in [0.4, 0.5) is 4.39 Å². The summed E-state index contributed by atoms with van der Waals surface area (Å²) in [5.74, 6) is 0.482. The minimum atomic E-state index is -0.338. The minimum Gasteiger partial charge on any atom is -0.389 e. The number of halogens is 1. The lowest BCUT2D eigenvalue weighted by atomic mass is 10.1. The Hall–Kier alpha value is -1.00. The van der Waals surface area contributed by atoms with Gasteiger partial charge in [-0.2, -0.15) is 0 Å². The van der Waals surface area contributed by atoms with Crippen molar-refractivity contribution in [3.05, 3.63) is 35.1 Å². The molecular formula is C15H21FN2S. The van der Waals surface area contributed by atoms with Gasteiger partial charge in [-0.25, -0.2) is 4.39 Å². The molecule has 0 unspecified atom stereocenters. The molecule has 2 N–H and O–H groups in total. The molecule has 0 radical (unpaired) electrons. The van der Waals surface area contributed by atoms with Crippen molar-refractivity contribution in [3.63, 3.8) is 0 Å². The van der Waals surface area contributed by atoms with Crippen LogP contribution in [0, 0.1) is 11.7 Å². The van der Waals surface area contributed by atoms with Gasteiger partial charge in [0.25, 0.3) is 0 Å². The highest BCUT2D eigenvalue weighted by Gasteiger charge is 2.17. The van der Waals surface area contributed by atoms with Crippen LogP contribution in [0.5, 0.6) is 0 Å². The summed E-state index contributed by atoms with van der Waals surface area (Å²) in [4.78, 5) is 2.42. The van der Waals surface area contributed by atoms with Crippen LogP contribution < -0.4 is 5.73 Å². The van der Waals surface area contributed by atoms with Crippen LogP contribution in [0.1, 0.15) is 36.8 Å². The van der Waals surface area contributed by atoms with E-state index >= 15 is 0 Å². The van der Waals surface area contributed by atoms with Crippen molar-refractivity contribution in [2.24, 2.45) is 11.7 Å².